The van der Waals surface area contributed by atoms with Crippen LogP contribution in [-0.4, -0.2) is 9.97 Å². The molecule has 0 atom stereocenters. The van der Waals surface area contributed by atoms with Crippen molar-refractivity contribution in [1.29, 1.82) is 0 Å². The smallest absolute Gasteiger partial charge is 0.114 e. The van der Waals surface area contributed by atoms with Crippen LogP contribution in [0.1, 0.15) is 0 Å². The average Bonchev–Trinajstić information content (AvgIpc) is 2.97. The Morgan fingerprint density at radius 1 is 0.316 bits per heavy atom. The van der Waals surface area contributed by atoms with Crippen molar-refractivity contribution in [3.63, 3.8) is 0 Å². The summed E-state index contributed by atoms with van der Waals surface area (Å²) in [5.41, 5.74) is 9.48. The minimum Gasteiger partial charge on any atom is -0.356 e. The molecule has 6 aromatic rings. The first kappa shape index (κ1) is 23.1. The summed E-state index contributed by atoms with van der Waals surface area (Å²) in [6.07, 6.45) is 3.43. The summed E-state index contributed by atoms with van der Waals surface area (Å²) >= 11 is 0. The first-order valence-corrected chi connectivity index (χ1v) is 12.4. The highest BCUT2D eigenvalue weighted by Gasteiger charge is 2.10. The maximum Gasteiger partial charge on any atom is 0.114 e. The number of aromatic nitrogens is 2. The number of hydrogen-bond donors (Lipinski definition) is 4. The molecule has 0 radical (unpaired) electrons. The van der Waals surface area contributed by atoms with E-state index in [0.29, 0.717) is 0 Å². The summed E-state index contributed by atoms with van der Waals surface area (Å²) in [6.45, 7) is 0. The fourth-order valence-corrected chi connectivity index (χ4v) is 4.22. The second-order valence-electron chi connectivity index (χ2n) is 8.80. The first-order chi connectivity index (χ1) is 18.8. The highest BCUT2D eigenvalue weighted by molar-refractivity contribution is 5.98. The average molecular weight is 495 g/mol. The molecular weight excluding hydrogens is 468 g/mol. The summed E-state index contributed by atoms with van der Waals surface area (Å²) in [4.78, 5) is 9.25. The third-order valence-corrected chi connectivity index (χ3v) is 6.08. The molecule has 0 aliphatic carbocycles. The number of nitrogens with zero attached hydrogens (tertiary/aromatic N) is 2. The van der Waals surface area contributed by atoms with Crippen molar-refractivity contribution in [3.8, 4) is 0 Å². The van der Waals surface area contributed by atoms with E-state index in [1.807, 2.05) is 97.1 Å². The van der Waals surface area contributed by atoms with Gasteiger partial charge in [0.05, 0.1) is 11.4 Å². The Kier molecular flexibility index (Phi) is 6.51. The van der Waals surface area contributed by atoms with Crippen LogP contribution in [0.5, 0.6) is 0 Å². The molecule has 0 amide bonds. The van der Waals surface area contributed by atoms with Crippen molar-refractivity contribution in [1.82, 2.24) is 9.97 Å². The monoisotopic (exact) mass is 494 g/mol. The van der Waals surface area contributed by atoms with Crippen LogP contribution in [0.4, 0.5) is 45.5 Å². The minimum absolute atomic E-state index is 0.798. The van der Waals surface area contributed by atoms with Gasteiger partial charge in [0.2, 0.25) is 0 Å². The molecule has 0 saturated heterocycles. The van der Waals surface area contributed by atoms with Crippen LogP contribution < -0.4 is 21.3 Å². The highest BCUT2D eigenvalue weighted by Crippen LogP contribution is 2.32. The Balaban J connectivity index is 1.18. The van der Waals surface area contributed by atoms with Crippen molar-refractivity contribution in [2.45, 2.75) is 0 Å². The summed E-state index contributed by atoms with van der Waals surface area (Å²) in [5.74, 6) is 0. The van der Waals surface area contributed by atoms with Crippen molar-refractivity contribution < 1.29 is 0 Å². The van der Waals surface area contributed by atoms with Crippen LogP contribution in [0, 0.1) is 0 Å². The zero-order valence-electron chi connectivity index (χ0n) is 20.6. The fraction of sp³-hybridized carbons (Fsp3) is 0. The molecule has 1 aromatic heterocycles. The molecule has 6 heteroatoms. The maximum atomic E-state index is 4.63. The quantitative estimate of drug-likeness (QED) is 0.170. The van der Waals surface area contributed by atoms with E-state index in [9.17, 15) is 0 Å². The predicted octanol–water partition coefficient (Wildman–Crippen LogP) is 8.60. The van der Waals surface area contributed by atoms with Gasteiger partial charge in [-0.05, 0) is 84.9 Å². The molecule has 0 bridgehead atoms. The van der Waals surface area contributed by atoms with Gasteiger partial charge in [0.1, 0.15) is 11.0 Å². The van der Waals surface area contributed by atoms with Gasteiger partial charge in [0, 0.05) is 46.5 Å². The lowest BCUT2D eigenvalue weighted by atomic mass is 10.2. The summed E-state index contributed by atoms with van der Waals surface area (Å²) in [7, 11) is 0. The third-order valence-electron chi connectivity index (χ3n) is 6.08. The lowest BCUT2D eigenvalue weighted by Crippen LogP contribution is -1.98. The van der Waals surface area contributed by atoms with E-state index in [0.717, 1.165) is 56.5 Å². The van der Waals surface area contributed by atoms with Crippen LogP contribution >= 0.6 is 0 Å². The van der Waals surface area contributed by atoms with Gasteiger partial charge in [-0.1, -0.05) is 36.4 Å². The van der Waals surface area contributed by atoms with Gasteiger partial charge < -0.3 is 21.3 Å². The number of benzene rings is 5. The predicted molar refractivity (Wildman–Crippen MR) is 158 cm³/mol. The molecule has 38 heavy (non-hydrogen) atoms. The Hall–Kier alpha value is -5.36. The SMILES string of the molecule is c1ccc(Nc2ccc(Nc3ccc(Nc4ccc(Nc5ccccc5)cc4)c4nccnc34)cc2)cc1. The van der Waals surface area contributed by atoms with E-state index in [1.54, 1.807) is 12.4 Å². The molecule has 0 spiro atoms. The Morgan fingerprint density at radius 2 is 0.632 bits per heavy atom. The van der Waals surface area contributed by atoms with E-state index >= 15 is 0 Å². The van der Waals surface area contributed by atoms with Gasteiger partial charge in [-0.15, -0.1) is 0 Å². The molecule has 5 aromatic carbocycles. The van der Waals surface area contributed by atoms with Crippen LogP contribution in [0.2, 0.25) is 0 Å². The van der Waals surface area contributed by atoms with Gasteiger partial charge in [-0.2, -0.15) is 0 Å². The second kappa shape index (κ2) is 10.7. The Labute approximate surface area is 221 Å². The molecule has 6 rings (SSSR count). The zero-order chi connectivity index (χ0) is 25.6. The van der Waals surface area contributed by atoms with Crippen LogP contribution in [0.25, 0.3) is 11.0 Å². The van der Waals surface area contributed by atoms with Crippen LogP contribution in [0.15, 0.2) is 134 Å². The molecule has 6 nitrogen and oxygen atoms in total. The summed E-state index contributed by atoms with van der Waals surface area (Å²) in [5, 5.41) is 13.8. The van der Waals surface area contributed by atoms with E-state index in [4.69, 9.17) is 0 Å². The molecule has 0 unspecified atom stereocenters. The van der Waals surface area contributed by atoms with Crippen molar-refractivity contribution in [3.05, 3.63) is 134 Å². The topological polar surface area (TPSA) is 73.9 Å². The number of para-hydroxylation sites is 2. The lowest BCUT2D eigenvalue weighted by molar-refractivity contribution is 1.29. The standard InChI is InChI=1S/C32H26N6/c1-3-7-23(8-4-1)35-25-11-15-27(16-12-25)37-29-19-20-30(32-31(29)33-21-22-34-32)38-28-17-13-26(14-18-28)36-24-9-5-2-6-10-24/h1-22,35-38H. The normalized spacial score (nSPS) is 10.6. The lowest BCUT2D eigenvalue weighted by Gasteiger charge is -2.14. The number of rotatable bonds is 8. The van der Waals surface area contributed by atoms with E-state index < -0.39 is 0 Å². The van der Waals surface area contributed by atoms with Gasteiger partial charge in [-0.25, -0.2) is 0 Å². The van der Waals surface area contributed by atoms with E-state index in [1.165, 1.54) is 0 Å². The van der Waals surface area contributed by atoms with E-state index in [2.05, 4.69) is 55.5 Å². The number of anilines is 8. The van der Waals surface area contributed by atoms with E-state index in [-0.39, 0.29) is 0 Å². The number of nitrogens with one attached hydrogen (secondary N) is 4. The molecular formula is C32H26N6. The zero-order valence-corrected chi connectivity index (χ0v) is 20.6. The Morgan fingerprint density at radius 3 is 1.00 bits per heavy atom. The number of fused-ring (bicyclic) bond motifs is 1. The molecule has 4 N–H and O–H groups in total. The molecule has 0 saturated carbocycles. The fourth-order valence-electron chi connectivity index (χ4n) is 4.22. The van der Waals surface area contributed by atoms with Gasteiger partial charge >= 0.3 is 0 Å². The second-order valence-corrected chi connectivity index (χ2v) is 8.80. The van der Waals surface area contributed by atoms with Crippen molar-refractivity contribution >= 4 is 56.5 Å². The molecule has 184 valence electrons. The van der Waals surface area contributed by atoms with Gasteiger partial charge in [-0.3, -0.25) is 9.97 Å². The number of hydrogen-bond acceptors (Lipinski definition) is 6. The maximum absolute atomic E-state index is 4.63. The van der Waals surface area contributed by atoms with Gasteiger partial charge in [0.15, 0.2) is 0 Å². The molecule has 0 aliphatic rings. The Bertz CT molecular complexity index is 1510. The first-order valence-electron chi connectivity index (χ1n) is 12.4. The summed E-state index contributed by atoms with van der Waals surface area (Å²) < 4.78 is 0. The van der Waals surface area contributed by atoms with Gasteiger partial charge in [0.25, 0.3) is 0 Å². The van der Waals surface area contributed by atoms with Crippen LogP contribution in [-0.2, 0) is 0 Å². The van der Waals surface area contributed by atoms with Crippen molar-refractivity contribution in [2.24, 2.45) is 0 Å². The summed E-state index contributed by atoms with van der Waals surface area (Å²) in [6, 6.07) is 40.7. The highest BCUT2D eigenvalue weighted by atomic mass is 15.0. The largest absolute Gasteiger partial charge is 0.356 e. The molecule has 0 aliphatic heterocycles. The molecule has 1 heterocycles. The minimum atomic E-state index is 0.798. The van der Waals surface area contributed by atoms with Crippen LogP contribution in [0.3, 0.4) is 0 Å². The third kappa shape index (κ3) is 5.39. The molecule has 0 fully saturated rings. The van der Waals surface area contributed by atoms with Crippen molar-refractivity contribution in [2.75, 3.05) is 21.3 Å².